The summed E-state index contributed by atoms with van der Waals surface area (Å²) in [7, 11) is 0. The molecule has 0 amide bonds. The van der Waals surface area contributed by atoms with Gasteiger partial charge in [0.25, 0.3) is 0 Å². The normalized spacial score (nSPS) is 16.9. The van der Waals surface area contributed by atoms with E-state index in [1.54, 1.807) is 6.07 Å². The number of halogens is 3. The monoisotopic (exact) mass is 435 g/mol. The van der Waals surface area contributed by atoms with Gasteiger partial charge < -0.3 is 15.9 Å². The molecular weight excluding hydrogens is 407 g/mol. The Kier molecular flexibility index (Phi) is 7.19. The molecule has 3 rings (SSSR count). The van der Waals surface area contributed by atoms with Crippen molar-refractivity contribution in [3.05, 3.63) is 65.2 Å². The molecule has 0 radical (unpaired) electrons. The van der Waals surface area contributed by atoms with Gasteiger partial charge >= 0.3 is 6.18 Å². The van der Waals surface area contributed by atoms with Crippen LogP contribution in [-0.4, -0.2) is 25.5 Å². The molecule has 1 aliphatic heterocycles. The number of rotatable bonds is 6. The van der Waals surface area contributed by atoms with Crippen molar-refractivity contribution >= 4 is 11.5 Å². The van der Waals surface area contributed by atoms with E-state index in [-0.39, 0.29) is 23.5 Å². The van der Waals surface area contributed by atoms with E-state index in [2.05, 4.69) is 22.6 Å². The Morgan fingerprint density at radius 3 is 2.45 bits per heavy atom. The van der Waals surface area contributed by atoms with E-state index in [1.807, 2.05) is 18.2 Å². The van der Waals surface area contributed by atoms with Gasteiger partial charge in [-0.25, -0.2) is 5.84 Å². The zero-order chi connectivity index (χ0) is 22.5. The van der Waals surface area contributed by atoms with Crippen LogP contribution in [0, 0.1) is 0 Å². The van der Waals surface area contributed by atoms with Gasteiger partial charge in [-0.1, -0.05) is 30.3 Å². The van der Waals surface area contributed by atoms with E-state index in [9.17, 15) is 13.2 Å². The lowest BCUT2D eigenvalue weighted by atomic mass is 9.74. The van der Waals surface area contributed by atoms with E-state index < -0.39 is 11.7 Å². The largest absolute Gasteiger partial charge is 0.416 e. The first kappa shape index (κ1) is 23.1. The van der Waals surface area contributed by atoms with Gasteiger partial charge in [0.15, 0.2) is 0 Å². The van der Waals surface area contributed by atoms with E-state index in [0.29, 0.717) is 12.2 Å². The molecule has 6 nitrogen and oxygen atoms in total. The highest BCUT2D eigenvalue weighted by Crippen LogP contribution is 2.35. The van der Waals surface area contributed by atoms with Gasteiger partial charge in [0, 0.05) is 5.41 Å². The standard InChI is InChI=1S/C22H28F3N5O/c1-16(29-26)30(27)20-12-17(11-19(13-20)22(23,24)25)14-31-15-21(7-9-28-10-8-21)18-5-3-2-4-6-18/h2-6,11-13,28H,7-10,14-15,26-27H2,1H3/b29-16-. The Balaban J connectivity index is 1.81. The number of piperidine rings is 1. The van der Waals surface area contributed by atoms with Gasteiger partial charge in [0.05, 0.1) is 24.5 Å². The second kappa shape index (κ2) is 9.67. The van der Waals surface area contributed by atoms with Crippen LogP contribution in [0.25, 0.3) is 0 Å². The first-order chi connectivity index (χ1) is 14.7. The number of anilines is 1. The number of benzene rings is 2. The molecule has 0 aromatic heterocycles. The van der Waals surface area contributed by atoms with E-state index in [4.69, 9.17) is 16.4 Å². The first-order valence-electron chi connectivity index (χ1n) is 10.1. The smallest absolute Gasteiger partial charge is 0.376 e. The Labute approximate surface area is 180 Å². The minimum absolute atomic E-state index is 0.0333. The van der Waals surface area contributed by atoms with Crippen LogP contribution in [0.1, 0.15) is 36.5 Å². The molecule has 2 aromatic rings. The number of alkyl halides is 3. The Morgan fingerprint density at radius 1 is 1.16 bits per heavy atom. The number of nitrogens with zero attached hydrogens (tertiary/aromatic N) is 2. The fourth-order valence-electron chi connectivity index (χ4n) is 3.89. The molecular formula is C22H28F3N5O. The Bertz CT molecular complexity index is 896. The number of amidine groups is 1. The molecule has 168 valence electrons. The molecule has 0 aliphatic carbocycles. The summed E-state index contributed by atoms with van der Waals surface area (Å²) in [6.45, 7) is 3.69. The summed E-state index contributed by atoms with van der Waals surface area (Å²) in [6.07, 6.45) is -2.72. The number of nitrogens with two attached hydrogens (primary N) is 2. The van der Waals surface area contributed by atoms with Crippen molar-refractivity contribution in [2.24, 2.45) is 16.8 Å². The van der Waals surface area contributed by atoms with Gasteiger partial charge in [-0.3, -0.25) is 5.01 Å². The lowest BCUT2D eigenvalue weighted by Gasteiger charge is -2.38. The molecule has 1 saturated heterocycles. The van der Waals surface area contributed by atoms with Crippen molar-refractivity contribution in [2.45, 2.75) is 38.0 Å². The first-order valence-corrected chi connectivity index (χ1v) is 10.1. The van der Waals surface area contributed by atoms with Crippen LogP contribution >= 0.6 is 0 Å². The van der Waals surface area contributed by atoms with Gasteiger partial charge in [-0.15, -0.1) is 0 Å². The van der Waals surface area contributed by atoms with Crippen LogP contribution in [0.4, 0.5) is 18.9 Å². The molecule has 0 unspecified atom stereocenters. The number of hydrazine groups is 1. The second-order valence-electron chi connectivity index (χ2n) is 7.82. The minimum Gasteiger partial charge on any atom is -0.376 e. The maximum atomic E-state index is 13.4. The number of hydrogen-bond acceptors (Lipinski definition) is 5. The highest BCUT2D eigenvalue weighted by atomic mass is 19.4. The van der Waals surface area contributed by atoms with Crippen LogP contribution in [0.2, 0.25) is 0 Å². The van der Waals surface area contributed by atoms with E-state index in [1.165, 1.54) is 12.5 Å². The zero-order valence-electron chi connectivity index (χ0n) is 17.5. The van der Waals surface area contributed by atoms with Crippen LogP contribution in [-0.2, 0) is 22.9 Å². The summed E-state index contributed by atoms with van der Waals surface area (Å²) >= 11 is 0. The molecule has 1 aliphatic rings. The SMILES string of the molecule is C/C(=N/N)N(N)c1cc(COCC2(c3ccccc3)CCNCC2)cc(C(F)(F)F)c1. The highest BCUT2D eigenvalue weighted by Gasteiger charge is 2.35. The van der Waals surface area contributed by atoms with Gasteiger partial charge in [0.2, 0.25) is 0 Å². The molecule has 1 heterocycles. The third-order valence-corrected chi connectivity index (χ3v) is 5.71. The quantitative estimate of drug-likeness (QED) is 0.280. The van der Waals surface area contributed by atoms with Crippen LogP contribution in [0.5, 0.6) is 0 Å². The topological polar surface area (TPSA) is 88.9 Å². The lowest BCUT2D eigenvalue weighted by Crippen LogP contribution is -2.43. The maximum Gasteiger partial charge on any atom is 0.416 e. The molecule has 0 spiro atoms. The van der Waals surface area contributed by atoms with Crippen molar-refractivity contribution < 1.29 is 17.9 Å². The van der Waals surface area contributed by atoms with Crippen molar-refractivity contribution in [1.29, 1.82) is 0 Å². The average Bonchev–Trinajstić information content (AvgIpc) is 2.78. The van der Waals surface area contributed by atoms with Crippen molar-refractivity contribution in [1.82, 2.24) is 5.32 Å². The van der Waals surface area contributed by atoms with Crippen molar-refractivity contribution in [3.8, 4) is 0 Å². The number of ether oxygens (including phenoxy) is 1. The summed E-state index contributed by atoms with van der Waals surface area (Å²) in [6, 6.07) is 13.7. The van der Waals surface area contributed by atoms with Crippen LogP contribution in [0.3, 0.4) is 0 Å². The lowest BCUT2D eigenvalue weighted by molar-refractivity contribution is -0.137. The fraction of sp³-hybridized carbons (Fsp3) is 0.409. The van der Waals surface area contributed by atoms with Crippen LogP contribution < -0.4 is 22.0 Å². The number of hydrazone groups is 1. The van der Waals surface area contributed by atoms with Crippen molar-refractivity contribution in [2.75, 3.05) is 24.7 Å². The zero-order valence-corrected chi connectivity index (χ0v) is 17.5. The van der Waals surface area contributed by atoms with Gasteiger partial charge in [-0.05, 0) is 62.2 Å². The predicted octanol–water partition coefficient (Wildman–Crippen LogP) is 3.52. The summed E-state index contributed by atoms with van der Waals surface area (Å²) in [4.78, 5) is 0. The van der Waals surface area contributed by atoms with Gasteiger partial charge in [-0.2, -0.15) is 18.3 Å². The molecule has 0 atom stereocenters. The second-order valence-corrected chi connectivity index (χ2v) is 7.82. The summed E-state index contributed by atoms with van der Waals surface area (Å²) in [5.74, 6) is 11.3. The Morgan fingerprint density at radius 2 is 1.84 bits per heavy atom. The highest BCUT2D eigenvalue weighted by molar-refractivity contribution is 5.94. The van der Waals surface area contributed by atoms with Gasteiger partial charge in [0.1, 0.15) is 5.84 Å². The third kappa shape index (κ3) is 5.55. The summed E-state index contributed by atoms with van der Waals surface area (Å²) in [5, 5.41) is 7.83. The summed E-state index contributed by atoms with van der Waals surface area (Å²) in [5.41, 5.74) is 0.731. The number of nitrogens with one attached hydrogen (secondary N) is 1. The van der Waals surface area contributed by atoms with E-state index >= 15 is 0 Å². The fourth-order valence-corrected chi connectivity index (χ4v) is 3.89. The molecule has 9 heteroatoms. The molecule has 0 bridgehead atoms. The molecule has 2 aromatic carbocycles. The molecule has 1 fully saturated rings. The molecule has 5 N–H and O–H groups in total. The third-order valence-electron chi connectivity index (χ3n) is 5.71. The van der Waals surface area contributed by atoms with E-state index in [0.717, 1.165) is 43.1 Å². The maximum absolute atomic E-state index is 13.4. The van der Waals surface area contributed by atoms with Crippen molar-refractivity contribution in [3.63, 3.8) is 0 Å². The van der Waals surface area contributed by atoms with Crippen LogP contribution in [0.15, 0.2) is 53.6 Å². The molecule has 31 heavy (non-hydrogen) atoms. The predicted molar refractivity (Wildman–Crippen MR) is 115 cm³/mol. The molecule has 0 saturated carbocycles. The minimum atomic E-state index is -4.51. The Hall–Kier alpha value is -2.62. The number of hydrogen-bond donors (Lipinski definition) is 3. The summed E-state index contributed by atoms with van der Waals surface area (Å²) < 4.78 is 46.3. The average molecular weight is 435 g/mol.